The van der Waals surface area contributed by atoms with Gasteiger partial charge in [-0.25, -0.2) is 0 Å². The molecule has 1 heterocycles. The molecule has 1 saturated heterocycles. The van der Waals surface area contributed by atoms with E-state index < -0.39 is 0 Å². The lowest BCUT2D eigenvalue weighted by Gasteiger charge is -2.31. The molecule has 0 atom stereocenters. The number of rotatable bonds is 6. The van der Waals surface area contributed by atoms with Gasteiger partial charge >= 0.3 is 0 Å². The van der Waals surface area contributed by atoms with Gasteiger partial charge < -0.3 is 5.32 Å². The third kappa shape index (κ3) is 4.52. The SMILES string of the molecule is CC(C)CNCCCN1CCCC1(C)C. The van der Waals surface area contributed by atoms with Crippen LogP contribution in [0, 0.1) is 5.92 Å². The summed E-state index contributed by atoms with van der Waals surface area (Å²) in [7, 11) is 0. The molecule has 0 aromatic rings. The third-order valence-corrected chi connectivity index (χ3v) is 3.41. The van der Waals surface area contributed by atoms with Crippen molar-refractivity contribution in [1.29, 1.82) is 0 Å². The molecule has 1 aliphatic rings. The molecule has 1 aliphatic heterocycles. The average Bonchev–Trinajstić information content (AvgIpc) is 2.44. The standard InChI is InChI=1S/C13H28N2/c1-12(2)11-14-8-6-10-15-9-5-7-13(15,3)4/h12,14H,5-11H2,1-4H3. The Morgan fingerprint density at radius 3 is 2.60 bits per heavy atom. The van der Waals surface area contributed by atoms with E-state index in [9.17, 15) is 0 Å². The van der Waals surface area contributed by atoms with E-state index in [-0.39, 0.29) is 0 Å². The first-order valence-electron chi connectivity index (χ1n) is 6.48. The number of nitrogens with zero attached hydrogens (tertiary/aromatic N) is 1. The van der Waals surface area contributed by atoms with Crippen molar-refractivity contribution in [2.24, 2.45) is 5.92 Å². The maximum Gasteiger partial charge on any atom is 0.0153 e. The average molecular weight is 212 g/mol. The van der Waals surface area contributed by atoms with Gasteiger partial charge in [0.2, 0.25) is 0 Å². The zero-order chi connectivity index (χ0) is 11.3. The molecule has 90 valence electrons. The van der Waals surface area contributed by atoms with E-state index >= 15 is 0 Å². The molecular formula is C13H28N2. The van der Waals surface area contributed by atoms with E-state index in [1.165, 1.54) is 38.9 Å². The Bertz CT molecular complexity index is 175. The van der Waals surface area contributed by atoms with Crippen LogP contribution in [0.4, 0.5) is 0 Å². The molecule has 0 amide bonds. The largest absolute Gasteiger partial charge is 0.316 e. The van der Waals surface area contributed by atoms with Crippen LogP contribution in [0.5, 0.6) is 0 Å². The van der Waals surface area contributed by atoms with Crippen LogP contribution in [-0.2, 0) is 0 Å². The minimum Gasteiger partial charge on any atom is -0.316 e. The number of hydrogen-bond donors (Lipinski definition) is 1. The van der Waals surface area contributed by atoms with Gasteiger partial charge in [0.25, 0.3) is 0 Å². The molecule has 1 rings (SSSR count). The molecule has 0 aromatic heterocycles. The molecule has 2 heteroatoms. The summed E-state index contributed by atoms with van der Waals surface area (Å²) in [6.07, 6.45) is 4.04. The fourth-order valence-electron chi connectivity index (χ4n) is 2.36. The van der Waals surface area contributed by atoms with Crippen molar-refractivity contribution in [3.63, 3.8) is 0 Å². The fraction of sp³-hybridized carbons (Fsp3) is 1.00. The molecule has 2 nitrogen and oxygen atoms in total. The van der Waals surface area contributed by atoms with Crippen LogP contribution in [0.25, 0.3) is 0 Å². The Labute approximate surface area is 95.4 Å². The summed E-state index contributed by atoms with van der Waals surface area (Å²) in [5.41, 5.74) is 0.456. The highest BCUT2D eigenvalue weighted by Crippen LogP contribution is 2.27. The zero-order valence-electron chi connectivity index (χ0n) is 11.0. The van der Waals surface area contributed by atoms with Gasteiger partial charge in [-0.2, -0.15) is 0 Å². The summed E-state index contributed by atoms with van der Waals surface area (Å²) >= 11 is 0. The second-order valence-corrected chi connectivity index (χ2v) is 5.85. The van der Waals surface area contributed by atoms with E-state index in [1.807, 2.05) is 0 Å². The smallest absolute Gasteiger partial charge is 0.0153 e. The summed E-state index contributed by atoms with van der Waals surface area (Å²) < 4.78 is 0. The summed E-state index contributed by atoms with van der Waals surface area (Å²) in [6.45, 7) is 14.2. The zero-order valence-corrected chi connectivity index (χ0v) is 11.0. The van der Waals surface area contributed by atoms with E-state index in [0.29, 0.717) is 5.54 Å². The lowest BCUT2D eigenvalue weighted by molar-refractivity contribution is 0.173. The van der Waals surface area contributed by atoms with Gasteiger partial charge in [-0.3, -0.25) is 4.90 Å². The van der Waals surface area contributed by atoms with E-state index in [2.05, 4.69) is 37.9 Å². The van der Waals surface area contributed by atoms with Gasteiger partial charge in [-0.05, 0) is 65.2 Å². The monoisotopic (exact) mass is 212 g/mol. The molecule has 15 heavy (non-hydrogen) atoms. The molecular weight excluding hydrogens is 184 g/mol. The van der Waals surface area contributed by atoms with Crippen LogP contribution in [0.2, 0.25) is 0 Å². The minimum atomic E-state index is 0.456. The molecule has 0 aliphatic carbocycles. The number of likely N-dealkylation sites (tertiary alicyclic amines) is 1. The summed E-state index contributed by atoms with van der Waals surface area (Å²) in [5, 5.41) is 3.51. The van der Waals surface area contributed by atoms with Crippen molar-refractivity contribution in [1.82, 2.24) is 10.2 Å². The molecule has 0 bridgehead atoms. The number of nitrogens with one attached hydrogen (secondary N) is 1. The topological polar surface area (TPSA) is 15.3 Å². The van der Waals surface area contributed by atoms with E-state index in [0.717, 1.165) is 12.5 Å². The van der Waals surface area contributed by atoms with Crippen LogP contribution in [-0.4, -0.2) is 36.6 Å². The Hall–Kier alpha value is -0.0800. The first-order valence-corrected chi connectivity index (χ1v) is 6.48. The van der Waals surface area contributed by atoms with E-state index in [1.54, 1.807) is 0 Å². The molecule has 0 unspecified atom stereocenters. The Balaban J connectivity index is 2.05. The Morgan fingerprint density at radius 1 is 1.33 bits per heavy atom. The maximum absolute atomic E-state index is 3.51. The summed E-state index contributed by atoms with van der Waals surface area (Å²) in [6, 6.07) is 0. The Kier molecular flexibility index (Phi) is 5.07. The van der Waals surface area contributed by atoms with Crippen LogP contribution in [0.1, 0.15) is 47.0 Å². The van der Waals surface area contributed by atoms with Gasteiger partial charge in [-0.15, -0.1) is 0 Å². The highest BCUT2D eigenvalue weighted by Gasteiger charge is 2.30. The molecule has 0 aromatic carbocycles. The highest BCUT2D eigenvalue weighted by molar-refractivity contribution is 4.87. The first-order chi connectivity index (χ1) is 7.02. The quantitative estimate of drug-likeness (QED) is 0.681. The number of hydrogen-bond acceptors (Lipinski definition) is 2. The van der Waals surface area contributed by atoms with Crippen molar-refractivity contribution >= 4 is 0 Å². The minimum absolute atomic E-state index is 0.456. The van der Waals surface area contributed by atoms with Gasteiger partial charge in [0.05, 0.1) is 0 Å². The highest BCUT2D eigenvalue weighted by atomic mass is 15.2. The van der Waals surface area contributed by atoms with Crippen LogP contribution in [0.15, 0.2) is 0 Å². The van der Waals surface area contributed by atoms with Gasteiger partial charge in [0, 0.05) is 5.54 Å². The van der Waals surface area contributed by atoms with Crippen molar-refractivity contribution in [3.05, 3.63) is 0 Å². The van der Waals surface area contributed by atoms with Crippen molar-refractivity contribution in [2.45, 2.75) is 52.5 Å². The lowest BCUT2D eigenvalue weighted by Crippen LogP contribution is -2.39. The third-order valence-electron chi connectivity index (χ3n) is 3.41. The molecule has 1 N–H and O–H groups in total. The molecule has 0 saturated carbocycles. The van der Waals surface area contributed by atoms with Gasteiger partial charge in [0.1, 0.15) is 0 Å². The predicted octanol–water partition coefficient (Wildman–Crippen LogP) is 2.50. The van der Waals surface area contributed by atoms with Gasteiger partial charge in [0.15, 0.2) is 0 Å². The summed E-state index contributed by atoms with van der Waals surface area (Å²) in [5.74, 6) is 0.772. The van der Waals surface area contributed by atoms with Gasteiger partial charge in [-0.1, -0.05) is 13.8 Å². The van der Waals surface area contributed by atoms with E-state index in [4.69, 9.17) is 0 Å². The van der Waals surface area contributed by atoms with Crippen LogP contribution in [0.3, 0.4) is 0 Å². The van der Waals surface area contributed by atoms with Crippen molar-refractivity contribution in [3.8, 4) is 0 Å². The molecule has 1 fully saturated rings. The van der Waals surface area contributed by atoms with Crippen LogP contribution < -0.4 is 5.32 Å². The maximum atomic E-state index is 3.51. The van der Waals surface area contributed by atoms with Crippen LogP contribution >= 0.6 is 0 Å². The normalized spacial score (nSPS) is 21.4. The molecule has 0 radical (unpaired) electrons. The first kappa shape index (κ1) is 13.0. The lowest BCUT2D eigenvalue weighted by atomic mass is 10.0. The fourth-order valence-corrected chi connectivity index (χ4v) is 2.36. The molecule has 0 spiro atoms. The second kappa shape index (κ2) is 5.86. The van der Waals surface area contributed by atoms with Crippen molar-refractivity contribution < 1.29 is 0 Å². The summed E-state index contributed by atoms with van der Waals surface area (Å²) in [4.78, 5) is 2.64. The van der Waals surface area contributed by atoms with Crippen molar-refractivity contribution in [2.75, 3.05) is 26.2 Å². The Morgan fingerprint density at radius 2 is 2.07 bits per heavy atom. The predicted molar refractivity (Wildman–Crippen MR) is 67.2 cm³/mol. The second-order valence-electron chi connectivity index (χ2n) is 5.85.